The van der Waals surface area contributed by atoms with Crippen molar-refractivity contribution in [3.8, 4) is 11.5 Å². The molecule has 4 amide bonds. The smallest absolute Gasteiger partial charge is 0.508 e. The zero-order valence-corrected chi connectivity index (χ0v) is 27.3. The van der Waals surface area contributed by atoms with Crippen LogP contribution in [0.3, 0.4) is 0 Å². The molecule has 0 bridgehead atoms. The number of allylic oxidation sites excluding steroid dienone is 2. The lowest BCUT2D eigenvalue weighted by Crippen LogP contribution is -2.60. The lowest BCUT2D eigenvalue weighted by molar-refractivity contribution is -0.274. The normalized spacial score (nSPS) is 28.5. The van der Waals surface area contributed by atoms with E-state index in [0.29, 0.717) is 17.7 Å². The molecule has 1 saturated carbocycles. The van der Waals surface area contributed by atoms with E-state index >= 15 is 8.78 Å². The van der Waals surface area contributed by atoms with Gasteiger partial charge < -0.3 is 9.84 Å². The van der Waals surface area contributed by atoms with Crippen LogP contribution in [-0.2, 0) is 25.7 Å². The van der Waals surface area contributed by atoms with Gasteiger partial charge >= 0.3 is 6.36 Å². The number of ether oxygens (including phenoxy) is 1. The molecule has 0 aromatic heterocycles. The van der Waals surface area contributed by atoms with Gasteiger partial charge in [0.15, 0.2) is 33.0 Å². The molecule has 6 atom stereocenters. The van der Waals surface area contributed by atoms with E-state index in [4.69, 9.17) is 23.2 Å². The van der Waals surface area contributed by atoms with Gasteiger partial charge in [-0.05, 0) is 42.5 Å². The number of phenolic OH excluding ortho intramolecular Hbond substituents is 1. The van der Waals surface area contributed by atoms with Crippen molar-refractivity contribution in [3.05, 3.63) is 100 Å². The molecule has 0 unspecified atom stereocenters. The molecule has 8 nitrogen and oxygen atoms in total. The molecule has 3 fully saturated rings. The predicted molar refractivity (Wildman–Crippen MR) is 163 cm³/mol. The van der Waals surface area contributed by atoms with Gasteiger partial charge in [-0.3, -0.25) is 24.1 Å². The third-order valence-electron chi connectivity index (χ3n) is 10.0. The number of carbonyl (C=O) groups excluding carboxylic acids is 4. The number of anilines is 1. The van der Waals surface area contributed by atoms with Crippen LogP contribution in [0.5, 0.6) is 11.5 Å². The minimum absolute atomic E-state index is 0.0740. The Bertz CT molecular complexity index is 2110. The van der Waals surface area contributed by atoms with Gasteiger partial charge in [-0.1, -0.05) is 42.0 Å². The molecular weight excluding hydrogens is 755 g/mol. The number of hydrogen-bond acceptors (Lipinski definition) is 6. The van der Waals surface area contributed by atoms with Gasteiger partial charge in [0, 0.05) is 11.5 Å². The minimum Gasteiger partial charge on any atom is -0.508 e. The van der Waals surface area contributed by atoms with Gasteiger partial charge in [-0.25, -0.2) is 26.9 Å². The summed E-state index contributed by atoms with van der Waals surface area (Å²) in [5.74, 6) is -25.5. The monoisotopic (exact) mass is 774 g/mol. The third kappa shape index (κ3) is 4.93. The van der Waals surface area contributed by atoms with E-state index in [9.17, 15) is 50.6 Å². The number of carbonyl (C=O) groups is 4. The van der Waals surface area contributed by atoms with E-state index in [1.165, 1.54) is 6.08 Å². The maximum Gasteiger partial charge on any atom is 0.573 e. The van der Waals surface area contributed by atoms with Gasteiger partial charge in [-0.2, -0.15) is 0 Å². The van der Waals surface area contributed by atoms with E-state index < -0.39 is 127 Å². The van der Waals surface area contributed by atoms with Gasteiger partial charge in [0.2, 0.25) is 17.6 Å². The Hall–Kier alpha value is -4.70. The highest BCUT2D eigenvalue weighted by Gasteiger charge is 2.77. The Morgan fingerprint density at radius 2 is 1.44 bits per heavy atom. The second-order valence-corrected chi connectivity index (χ2v) is 14.0. The number of hydrogen-bond donors (Lipinski definition) is 1. The molecule has 0 radical (unpaired) electrons. The van der Waals surface area contributed by atoms with Crippen LogP contribution in [0.4, 0.5) is 40.8 Å². The number of likely N-dealkylation sites (tertiary alicyclic amines) is 1. The summed E-state index contributed by atoms with van der Waals surface area (Å²) in [6, 6.07) is 10.3. The summed E-state index contributed by atoms with van der Waals surface area (Å²) < 4.78 is 117. The Morgan fingerprint density at radius 3 is 2.06 bits per heavy atom. The van der Waals surface area contributed by atoms with Crippen LogP contribution in [0, 0.1) is 46.8 Å². The molecule has 3 aromatic carbocycles. The SMILES string of the molecule is O=C1[C@H]2[C@H](CC=C3[C@H]2C[C@@]2(Cl)C(=O)N(c4c(F)c(F)c(F)c(F)c4F)C(=O)[C@@]2(Cl)[C@H]3c2cc(OC(F)(F)F)ccc2O)C(=O)N1Cc1ccccc1. The number of phenols is 1. The summed E-state index contributed by atoms with van der Waals surface area (Å²) in [6.45, 7) is -0.175. The molecule has 4 aliphatic rings. The number of fused-ring (bicyclic) bond motifs is 4. The summed E-state index contributed by atoms with van der Waals surface area (Å²) in [7, 11) is 0. The first-order valence-electron chi connectivity index (χ1n) is 15.3. The Morgan fingerprint density at radius 1 is 0.827 bits per heavy atom. The first-order valence-corrected chi connectivity index (χ1v) is 16.0. The standard InChI is InChI=1S/C34H20Cl2F8N2O6/c35-32-11-18-15(7-8-16-20(18)29(49)45(28(16)48)12-13-4-2-1-3-5-13)21(17-10-14(6-9-19(17)47)52-34(42,43)44)33(32,36)31(51)46(30(32)50)27-25(40)23(38)22(37)24(39)26(27)41/h1-7,9-10,16,18,20-21,47H,8,11-12H2/t16-,18+,20-,21+,32+,33-/m0/s1. The molecule has 2 aliphatic heterocycles. The molecule has 2 saturated heterocycles. The number of aromatic hydroxyl groups is 1. The Labute approximate surface area is 297 Å². The van der Waals surface area contributed by atoms with Gasteiger partial charge in [0.05, 0.1) is 18.4 Å². The molecule has 2 aliphatic carbocycles. The number of amides is 4. The Kier molecular flexibility index (Phi) is 8.18. The zero-order valence-electron chi connectivity index (χ0n) is 25.8. The minimum atomic E-state index is -5.28. The topological polar surface area (TPSA) is 104 Å². The van der Waals surface area contributed by atoms with Crippen molar-refractivity contribution in [2.24, 2.45) is 17.8 Å². The van der Waals surface area contributed by atoms with Crippen molar-refractivity contribution >= 4 is 52.5 Å². The first kappa shape index (κ1) is 35.7. The average Bonchev–Trinajstić information content (AvgIpc) is 3.41. The van der Waals surface area contributed by atoms with Crippen molar-refractivity contribution in [3.63, 3.8) is 0 Å². The molecule has 0 spiro atoms. The summed E-state index contributed by atoms with van der Waals surface area (Å²) in [6.07, 6.45) is -5.00. The van der Waals surface area contributed by atoms with E-state index in [-0.39, 0.29) is 18.5 Å². The molecule has 7 rings (SSSR count). The van der Waals surface area contributed by atoms with Crippen molar-refractivity contribution in [1.82, 2.24) is 4.90 Å². The molecule has 3 aromatic rings. The predicted octanol–water partition coefficient (Wildman–Crippen LogP) is 6.75. The van der Waals surface area contributed by atoms with Crippen LogP contribution in [0.15, 0.2) is 60.2 Å². The van der Waals surface area contributed by atoms with E-state index in [0.717, 1.165) is 11.0 Å². The van der Waals surface area contributed by atoms with E-state index in [2.05, 4.69) is 4.74 Å². The highest BCUT2D eigenvalue weighted by Crippen LogP contribution is 2.67. The van der Waals surface area contributed by atoms with Gasteiger partial charge in [0.25, 0.3) is 11.8 Å². The fourth-order valence-corrected chi connectivity index (χ4v) is 8.79. The lowest BCUT2D eigenvalue weighted by atomic mass is 9.56. The summed E-state index contributed by atoms with van der Waals surface area (Å²) in [5.41, 5.74) is -2.19. The van der Waals surface area contributed by atoms with Gasteiger partial charge in [0.1, 0.15) is 17.2 Å². The molecule has 272 valence electrons. The van der Waals surface area contributed by atoms with Crippen molar-refractivity contribution < 1.29 is 64.1 Å². The molecular formula is C34H20Cl2F8N2O6. The number of benzene rings is 3. The van der Waals surface area contributed by atoms with Crippen molar-refractivity contribution in [1.29, 1.82) is 0 Å². The summed E-state index contributed by atoms with van der Waals surface area (Å²) >= 11 is 14.0. The highest BCUT2D eigenvalue weighted by molar-refractivity contribution is 6.58. The molecule has 52 heavy (non-hydrogen) atoms. The van der Waals surface area contributed by atoms with Crippen LogP contribution >= 0.6 is 23.2 Å². The van der Waals surface area contributed by atoms with Crippen LogP contribution in [0.1, 0.15) is 29.9 Å². The largest absolute Gasteiger partial charge is 0.573 e. The van der Waals surface area contributed by atoms with Crippen molar-refractivity contribution in [2.45, 2.75) is 41.4 Å². The average molecular weight is 775 g/mol. The fraction of sp³-hybridized carbons (Fsp3) is 0.294. The summed E-state index contributed by atoms with van der Waals surface area (Å²) in [5, 5.41) is 11.0. The Balaban J connectivity index is 1.43. The summed E-state index contributed by atoms with van der Waals surface area (Å²) in [4.78, 5) is 50.8. The van der Waals surface area contributed by atoms with Gasteiger partial charge in [-0.15, -0.1) is 36.4 Å². The number of imide groups is 2. The molecule has 18 heteroatoms. The fourth-order valence-electron chi connectivity index (χ4n) is 7.86. The first-order chi connectivity index (χ1) is 24.3. The second-order valence-electron chi connectivity index (χ2n) is 12.7. The van der Waals surface area contributed by atoms with E-state index in [1.54, 1.807) is 30.3 Å². The van der Waals surface area contributed by atoms with Crippen molar-refractivity contribution in [2.75, 3.05) is 4.90 Å². The number of rotatable bonds is 5. The van der Waals surface area contributed by atoms with E-state index in [1.807, 2.05) is 0 Å². The third-order valence-corrected chi connectivity index (χ3v) is 11.5. The number of halogens is 10. The van der Waals surface area contributed by atoms with Crippen LogP contribution in [0.2, 0.25) is 0 Å². The lowest BCUT2D eigenvalue weighted by Gasteiger charge is -2.50. The maximum absolute atomic E-state index is 15.2. The highest BCUT2D eigenvalue weighted by atomic mass is 35.5. The number of alkyl halides is 5. The quantitative estimate of drug-likeness (QED) is 0.0769. The molecule has 2 heterocycles. The van der Waals surface area contributed by atoms with Crippen LogP contribution < -0.4 is 9.64 Å². The second kappa shape index (κ2) is 11.9. The number of nitrogens with zero attached hydrogens (tertiary/aromatic N) is 2. The van der Waals surface area contributed by atoms with Crippen LogP contribution in [0.25, 0.3) is 0 Å². The maximum atomic E-state index is 15.2. The zero-order chi connectivity index (χ0) is 37.8. The molecule has 1 N–H and O–H groups in total. The van der Waals surface area contributed by atoms with Crippen LogP contribution in [-0.4, -0.2) is 49.7 Å².